The van der Waals surface area contributed by atoms with Gasteiger partial charge in [0, 0.05) is 75.7 Å². The van der Waals surface area contributed by atoms with E-state index in [1.807, 2.05) is 13.8 Å². The van der Waals surface area contributed by atoms with Crippen molar-refractivity contribution >= 4 is 71.6 Å². The molecule has 11 N–H and O–H groups in total. The highest BCUT2D eigenvalue weighted by atomic mass is 16.6. The lowest BCUT2D eigenvalue weighted by molar-refractivity contribution is -0.152. The van der Waals surface area contributed by atoms with Crippen LogP contribution in [0.3, 0.4) is 0 Å². The number of methoxy groups -OCH3 is 1. The van der Waals surface area contributed by atoms with E-state index in [1.54, 1.807) is 24.3 Å². The van der Waals surface area contributed by atoms with Gasteiger partial charge in [-0.15, -0.1) is 13.2 Å². The molecule has 666 valence electrons. The van der Waals surface area contributed by atoms with Crippen molar-refractivity contribution in [2.75, 3.05) is 172 Å². The minimum atomic E-state index is -0.736. The highest BCUT2D eigenvalue weighted by molar-refractivity contribution is 5.92. The summed E-state index contributed by atoms with van der Waals surface area (Å²) in [5.41, 5.74) is -1.26. The van der Waals surface area contributed by atoms with Gasteiger partial charge < -0.3 is 122 Å². The van der Waals surface area contributed by atoms with Crippen molar-refractivity contribution in [2.45, 2.75) is 129 Å². The normalized spacial score (nSPS) is 11.4. The maximum Gasteiger partial charge on any atom is 0.331 e. The van der Waals surface area contributed by atoms with Crippen LogP contribution in [-0.2, 0) is 124 Å². The standard InChI is InChI=1S/C24H42O8.C14H22O6.C14H18O6.C12H16O6.C8H12O6.C8H14O5/c1-5-13-29-17-23(7-3,15-25)19-31-21(27)11-9-10-12-22(28)32-20-24(8-4,16-26)18-30-14-6-2;2*15-9-3-5-11-19-13(17)7-1-2-8-14(18)20-12-6-4-10-16;13-7-1-3-9-17-11(15)5-6-12(16)18-10-4-2-8-14;9-3-5-13-7(11)1-2-8(12)14-6-4-10;1-12-7(10)4-2-3-5-8(11)13-6-9/h5-6,25-26H,1-2,7-20H2,3-4H3;3-6,15-16H,1-2,7-12H2;15-16H,1-2,7-12H2;1-6,13-14H,7-10H2;1-2,9-10H,3-6H2;9H,2-6H2,1H3/b;5-3-,6-4+;;3-1-,4-2+,6-5+;2-1+;. The van der Waals surface area contributed by atoms with Crippen LogP contribution < -0.4 is 0 Å². The Morgan fingerprint density at radius 2 is 0.590 bits per heavy atom. The van der Waals surface area contributed by atoms with Crippen molar-refractivity contribution in [1.82, 2.24) is 0 Å². The first-order valence-electron chi connectivity index (χ1n) is 37.2. The van der Waals surface area contributed by atoms with Crippen molar-refractivity contribution in [3.63, 3.8) is 0 Å². The fourth-order valence-corrected chi connectivity index (χ4v) is 7.23. The number of aliphatic hydroxyl groups excluding tert-OH is 11. The lowest BCUT2D eigenvalue weighted by Crippen LogP contribution is -2.36. The van der Waals surface area contributed by atoms with Gasteiger partial charge in [-0.25, -0.2) is 19.2 Å². The Morgan fingerprint density at radius 1 is 0.316 bits per heavy atom. The van der Waals surface area contributed by atoms with Crippen molar-refractivity contribution in [1.29, 1.82) is 0 Å². The van der Waals surface area contributed by atoms with E-state index >= 15 is 0 Å². The highest BCUT2D eigenvalue weighted by Gasteiger charge is 2.31. The average molecular weight is 1680 g/mol. The molecule has 117 heavy (non-hydrogen) atoms. The predicted molar refractivity (Wildman–Crippen MR) is 417 cm³/mol. The van der Waals surface area contributed by atoms with Crippen LogP contribution in [0.2, 0.25) is 0 Å². The number of rotatable bonds is 59. The summed E-state index contributed by atoms with van der Waals surface area (Å²) in [6, 6.07) is 0. The van der Waals surface area contributed by atoms with Gasteiger partial charge in [0.15, 0.2) is 20.0 Å². The van der Waals surface area contributed by atoms with E-state index in [4.69, 9.17) is 83.9 Å². The third-order valence-electron chi connectivity index (χ3n) is 13.9. The Bertz CT molecular complexity index is 2780. The molecule has 37 nitrogen and oxygen atoms in total. The molecule has 2 unspecified atom stereocenters. The number of ether oxygens (including phenoxy) is 14. The zero-order valence-electron chi connectivity index (χ0n) is 67.4. The molecule has 0 aliphatic rings. The van der Waals surface area contributed by atoms with Gasteiger partial charge in [0.25, 0.3) is 0 Å². The van der Waals surface area contributed by atoms with Gasteiger partial charge in [0.2, 0.25) is 0 Å². The molecule has 0 bridgehead atoms. The van der Waals surface area contributed by atoms with Gasteiger partial charge in [-0.1, -0.05) is 74.0 Å². The van der Waals surface area contributed by atoms with Crippen LogP contribution in [0.1, 0.15) is 129 Å². The second-order valence-corrected chi connectivity index (χ2v) is 23.0. The van der Waals surface area contributed by atoms with Crippen LogP contribution >= 0.6 is 0 Å². The highest BCUT2D eigenvalue weighted by Crippen LogP contribution is 2.24. The molecule has 0 heterocycles. The summed E-state index contributed by atoms with van der Waals surface area (Å²) >= 11 is 0. The third kappa shape index (κ3) is 89.9. The summed E-state index contributed by atoms with van der Waals surface area (Å²) in [6.07, 6.45) is 26.1. The number of carbonyl (C=O) groups is 12. The Hall–Kier alpha value is -9.84. The number of hydrogen-bond acceptors (Lipinski definition) is 37. The Kier molecular flexibility index (Phi) is 92.5. The third-order valence-corrected chi connectivity index (χ3v) is 13.9. The van der Waals surface area contributed by atoms with Crippen LogP contribution in [0.4, 0.5) is 0 Å². The van der Waals surface area contributed by atoms with Gasteiger partial charge in [0.1, 0.15) is 66.1 Å². The molecule has 37 heteroatoms. The fourth-order valence-electron chi connectivity index (χ4n) is 7.23. The second kappa shape index (κ2) is 91.7. The molecular weight excluding hydrogens is 1550 g/mol. The SMILES string of the molecule is C=CCOCC(CC)(CO)COC(=O)CCCCC(=O)OCC(CC)(CO)COCC=C.COC(=O)CCCCC(=O)OCO.O=C(/C=C/C(=O)OC/C=C/CO)OC/C=C\CO.O=C(/C=C/C(=O)OCCO)OCCO.O=C(CCCCC(=O)OC/C=C/CO)OC/C=C\CO.O=C(CCCCC(=O)OCC#CCO)OCC#CCO. The summed E-state index contributed by atoms with van der Waals surface area (Å²) in [7, 11) is 1.32. The molecule has 0 fully saturated rings. The summed E-state index contributed by atoms with van der Waals surface area (Å²) in [4.78, 5) is 134. The van der Waals surface area contributed by atoms with Gasteiger partial charge in [-0.05, 0) is 88.5 Å². The van der Waals surface area contributed by atoms with E-state index < -0.39 is 47.5 Å². The van der Waals surface area contributed by atoms with E-state index in [-0.39, 0.29) is 232 Å². The topological polar surface area (TPSA) is 557 Å². The van der Waals surface area contributed by atoms with Gasteiger partial charge in [0.05, 0.1) is 97.2 Å². The van der Waals surface area contributed by atoms with Crippen LogP contribution in [0.15, 0.2) is 98.2 Å². The summed E-state index contributed by atoms with van der Waals surface area (Å²) in [6.45, 7) is 10.1. The molecule has 2 atom stereocenters. The zero-order valence-corrected chi connectivity index (χ0v) is 67.4. The summed E-state index contributed by atoms with van der Waals surface area (Å²) in [5, 5.41) is 94.6. The largest absolute Gasteiger partial charge is 0.469 e. The molecule has 0 amide bonds. The van der Waals surface area contributed by atoms with Crippen molar-refractivity contribution in [3.05, 3.63) is 98.2 Å². The lowest BCUT2D eigenvalue weighted by atomic mass is 9.88. The quantitative estimate of drug-likeness (QED) is 0.00785. The fraction of sp³-hybridized carbons (Fsp3) is 0.600. The predicted octanol–water partition coefficient (Wildman–Crippen LogP) is 1.72. The minimum Gasteiger partial charge on any atom is -0.469 e. The van der Waals surface area contributed by atoms with Crippen molar-refractivity contribution in [3.8, 4) is 23.7 Å². The summed E-state index contributed by atoms with van der Waals surface area (Å²) in [5.74, 6) is 3.88. The number of unbranched alkanes of at least 4 members (excludes halogenated alkanes) is 4. The van der Waals surface area contributed by atoms with Crippen LogP contribution in [-0.4, -0.2) is 300 Å². The second-order valence-electron chi connectivity index (χ2n) is 23.0. The van der Waals surface area contributed by atoms with Crippen molar-refractivity contribution < 1.29 is 180 Å². The molecule has 0 radical (unpaired) electrons. The van der Waals surface area contributed by atoms with Crippen molar-refractivity contribution in [2.24, 2.45) is 10.8 Å². The van der Waals surface area contributed by atoms with Gasteiger partial charge in [-0.3, -0.25) is 38.4 Å². The maximum absolute atomic E-state index is 12.0. The maximum atomic E-state index is 12.0. The Morgan fingerprint density at radius 3 is 0.846 bits per heavy atom. The first-order valence-corrected chi connectivity index (χ1v) is 37.2. The van der Waals surface area contributed by atoms with Gasteiger partial charge >= 0.3 is 71.6 Å². The number of hydrogen-bond donors (Lipinski definition) is 11. The first-order chi connectivity index (χ1) is 56.4. The summed E-state index contributed by atoms with van der Waals surface area (Å²) < 4.78 is 67.6. The van der Waals surface area contributed by atoms with E-state index in [9.17, 15) is 67.7 Å². The molecule has 0 aliphatic carbocycles. The average Bonchev–Trinajstić information content (AvgIpc) is 0.887. The molecule has 0 saturated heterocycles. The molecule has 0 aromatic rings. The molecule has 0 aromatic heterocycles. The van der Waals surface area contributed by atoms with E-state index in [1.165, 1.54) is 43.6 Å². The molecule has 0 saturated carbocycles. The molecule has 0 spiro atoms. The molecular formula is C80H124O37. The number of carbonyl (C=O) groups excluding carboxylic acids is 12. The van der Waals surface area contributed by atoms with Crippen LogP contribution in [0.25, 0.3) is 0 Å². The Labute approximate surface area is 683 Å². The number of aliphatic hydroxyl groups is 11. The lowest BCUT2D eigenvalue weighted by Gasteiger charge is -2.29. The van der Waals surface area contributed by atoms with Crippen LogP contribution in [0, 0.1) is 34.5 Å². The van der Waals surface area contributed by atoms with E-state index in [0.717, 1.165) is 24.3 Å². The first kappa shape index (κ1) is 118. The molecule has 0 rings (SSSR count). The van der Waals surface area contributed by atoms with E-state index in [2.05, 4.69) is 65.3 Å². The van der Waals surface area contributed by atoms with Gasteiger partial charge in [-0.2, -0.15) is 0 Å². The van der Waals surface area contributed by atoms with Crippen LogP contribution in [0.5, 0.6) is 0 Å². The molecule has 0 aliphatic heterocycles. The van der Waals surface area contributed by atoms with E-state index in [0.29, 0.717) is 83.8 Å². The monoisotopic (exact) mass is 1680 g/mol. The molecule has 0 aromatic carbocycles. The Balaban J connectivity index is -0.000000325. The smallest absolute Gasteiger partial charge is 0.331 e. The minimum absolute atomic E-state index is 0.0258. The number of esters is 12. The zero-order chi connectivity index (χ0) is 89.0.